The molecule has 1 aromatic heterocycles. The monoisotopic (exact) mass is 454 g/mol. The van der Waals surface area contributed by atoms with Crippen LogP contribution in [0.25, 0.3) is 11.3 Å². The molecular formula is C28H30N4O2. The first-order chi connectivity index (χ1) is 16.5. The van der Waals surface area contributed by atoms with Crippen molar-refractivity contribution in [2.24, 2.45) is 0 Å². The minimum atomic E-state index is -0.145. The highest BCUT2D eigenvalue weighted by atomic mass is 16.5. The van der Waals surface area contributed by atoms with Gasteiger partial charge in [-0.05, 0) is 37.4 Å². The molecule has 0 saturated carbocycles. The number of carbonyl (C=O) groups is 1. The maximum atomic E-state index is 13.4. The van der Waals surface area contributed by atoms with E-state index in [1.807, 2.05) is 97.8 Å². The number of hydrogen-bond donors (Lipinski definition) is 1. The van der Waals surface area contributed by atoms with E-state index >= 15 is 0 Å². The first kappa shape index (κ1) is 23.3. The van der Waals surface area contributed by atoms with Gasteiger partial charge in [-0.2, -0.15) is 5.10 Å². The van der Waals surface area contributed by atoms with E-state index in [0.29, 0.717) is 24.3 Å². The molecule has 0 fully saturated rings. The Balaban J connectivity index is 1.58. The van der Waals surface area contributed by atoms with Crippen LogP contribution in [0.4, 0.5) is 0 Å². The molecule has 4 rings (SSSR count). The smallest absolute Gasteiger partial charge is 0.255 e. The van der Waals surface area contributed by atoms with E-state index in [1.54, 1.807) is 7.11 Å². The Bertz CT molecular complexity index is 1220. The topological polar surface area (TPSA) is 59.4 Å². The van der Waals surface area contributed by atoms with Gasteiger partial charge in [-0.15, -0.1) is 0 Å². The van der Waals surface area contributed by atoms with Crippen LogP contribution in [0.3, 0.4) is 0 Å². The number of nitrogens with zero attached hydrogens (tertiary/aromatic N) is 3. The van der Waals surface area contributed by atoms with Crippen LogP contribution < -0.4 is 10.1 Å². The molecule has 0 radical (unpaired) electrons. The van der Waals surface area contributed by atoms with Crippen molar-refractivity contribution in [2.45, 2.75) is 12.6 Å². The fourth-order valence-electron chi connectivity index (χ4n) is 3.98. The van der Waals surface area contributed by atoms with Gasteiger partial charge in [-0.3, -0.25) is 9.48 Å². The molecule has 0 bridgehead atoms. The van der Waals surface area contributed by atoms with Gasteiger partial charge in [0.1, 0.15) is 11.4 Å². The Morgan fingerprint density at radius 2 is 1.71 bits per heavy atom. The average Bonchev–Trinajstić information content (AvgIpc) is 3.29. The zero-order valence-electron chi connectivity index (χ0n) is 19.8. The van der Waals surface area contributed by atoms with Crippen LogP contribution in [0.15, 0.2) is 91.1 Å². The lowest BCUT2D eigenvalue weighted by molar-refractivity contribution is 0.0942. The van der Waals surface area contributed by atoms with Gasteiger partial charge >= 0.3 is 0 Å². The molecular weight excluding hydrogens is 424 g/mol. The molecule has 1 amide bonds. The minimum Gasteiger partial charge on any atom is -0.497 e. The summed E-state index contributed by atoms with van der Waals surface area (Å²) in [6, 6.07) is 27.9. The molecule has 0 aliphatic carbocycles. The second-order valence-electron chi connectivity index (χ2n) is 8.41. The van der Waals surface area contributed by atoms with Crippen molar-refractivity contribution in [3.8, 4) is 17.0 Å². The zero-order valence-corrected chi connectivity index (χ0v) is 19.8. The summed E-state index contributed by atoms with van der Waals surface area (Å²) in [5, 5.41) is 7.90. The summed E-state index contributed by atoms with van der Waals surface area (Å²) < 4.78 is 7.21. The summed E-state index contributed by atoms with van der Waals surface area (Å²) in [5.41, 5.74) is 4.36. The van der Waals surface area contributed by atoms with Gasteiger partial charge in [0.05, 0.1) is 25.3 Å². The van der Waals surface area contributed by atoms with E-state index in [2.05, 4.69) is 22.3 Å². The summed E-state index contributed by atoms with van der Waals surface area (Å²) in [5.74, 6) is 0.650. The van der Waals surface area contributed by atoms with Gasteiger partial charge in [0.25, 0.3) is 5.91 Å². The highest BCUT2D eigenvalue weighted by molar-refractivity contribution is 5.99. The van der Waals surface area contributed by atoms with Crippen LogP contribution in [0.2, 0.25) is 0 Å². The average molecular weight is 455 g/mol. The van der Waals surface area contributed by atoms with Crippen LogP contribution in [0.5, 0.6) is 5.75 Å². The standard InChI is InChI=1S/C28H30N4O2/c1-31(2)26(23-15-10-16-24(17-23)34-3)18-29-28(33)25-20-32(19-21-11-6-4-7-12-21)30-27(25)22-13-8-5-9-14-22/h4-17,20,26H,18-19H2,1-3H3,(H,29,33)/t26-/m1/s1. The number of nitrogens with one attached hydrogen (secondary N) is 1. The van der Waals surface area contributed by atoms with E-state index in [9.17, 15) is 4.79 Å². The van der Waals surface area contributed by atoms with Crippen molar-refractivity contribution in [1.29, 1.82) is 0 Å². The van der Waals surface area contributed by atoms with Crippen LogP contribution in [-0.4, -0.2) is 48.3 Å². The Hall–Kier alpha value is -3.90. The first-order valence-corrected chi connectivity index (χ1v) is 11.3. The number of benzene rings is 3. The number of aromatic nitrogens is 2. The maximum absolute atomic E-state index is 13.4. The van der Waals surface area contributed by atoms with E-state index in [0.717, 1.165) is 22.4 Å². The van der Waals surface area contributed by atoms with E-state index < -0.39 is 0 Å². The maximum Gasteiger partial charge on any atom is 0.255 e. The number of methoxy groups -OCH3 is 1. The molecule has 6 nitrogen and oxygen atoms in total. The van der Waals surface area contributed by atoms with Crippen LogP contribution in [-0.2, 0) is 6.54 Å². The van der Waals surface area contributed by atoms with Crippen molar-refractivity contribution < 1.29 is 9.53 Å². The molecule has 0 spiro atoms. The van der Waals surface area contributed by atoms with E-state index in [4.69, 9.17) is 9.84 Å². The Morgan fingerprint density at radius 1 is 1.00 bits per heavy atom. The van der Waals surface area contributed by atoms with Gasteiger partial charge in [-0.1, -0.05) is 72.8 Å². The number of carbonyl (C=O) groups excluding carboxylic acids is 1. The number of hydrogen-bond acceptors (Lipinski definition) is 4. The summed E-state index contributed by atoms with van der Waals surface area (Å²) in [7, 11) is 5.66. The SMILES string of the molecule is COc1cccc([C@@H](CNC(=O)c2cn(Cc3ccccc3)nc2-c2ccccc2)N(C)C)c1. The van der Waals surface area contributed by atoms with Gasteiger partial charge in [0.15, 0.2) is 0 Å². The van der Waals surface area contributed by atoms with E-state index in [1.165, 1.54) is 0 Å². The minimum absolute atomic E-state index is 0.00131. The van der Waals surface area contributed by atoms with Gasteiger partial charge in [-0.25, -0.2) is 0 Å². The molecule has 3 aromatic carbocycles. The lowest BCUT2D eigenvalue weighted by Gasteiger charge is -2.25. The van der Waals surface area contributed by atoms with Crippen molar-refractivity contribution in [1.82, 2.24) is 20.0 Å². The fraction of sp³-hybridized carbons (Fsp3) is 0.214. The third-order valence-corrected chi connectivity index (χ3v) is 5.80. The molecule has 34 heavy (non-hydrogen) atoms. The van der Waals surface area contributed by atoms with Crippen molar-refractivity contribution in [2.75, 3.05) is 27.7 Å². The quantitative estimate of drug-likeness (QED) is 0.400. The van der Waals surface area contributed by atoms with Gasteiger partial charge in [0.2, 0.25) is 0 Å². The van der Waals surface area contributed by atoms with Crippen LogP contribution in [0, 0.1) is 0 Å². The largest absolute Gasteiger partial charge is 0.497 e. The summed E-state index contributed by atoms with van der Waals surface area (Å²) >= 11 is 0. The van der Waals surface area contributed by atoms with Crippen molar-refractivity contribution >= 4 is 5.91 Å². The van der Waals surface area contributed by atoms with Crippen molar-refractivity contribution in [3.63, 3.8) is 0 Å². The van der Waals surface area contributed by atoms with Gasteiger partial charge in [0, 0.05) is 18.3 Å². The Kier molecular flexibility index (Phi) is 7.40. The molecule has 0 aliphatic rings. The molecule has 0 unspecified atom stereocenters. The lowest BCUT2D eigenvalue weighted by Crippen LogP contribution is -2.34. The summed E-state index contributed by atoms with van der Waals surface area (Å²) in [6.07, 6.45) is 1.83. The molecule has 0 saturated heterocycles. The molecule has 0 aliphatic heterocycles. The molecule has 1 heterocycles. The molecule has 6 heteroatoms. The third-order valence-electron chi connectivity index (χ3n) is 5.80. The number of amides is 1. The highest BCUT2D eigenvalue weighted by Crippen LogP contribution is 2.24. The second kappa shape index (κ2) is 10.8. The molecule has 4 aromatic rings. The fourth-order valence-corrected chi connectivity index (χ4v) is 3.98. The highest BCUT2D eigenvalue weighted by Gasteiger charge is 2.21. The Labute approximate surface area is 200 Å². The number of likely N-dealkylation sites (N-methyl/N-ethyl adjacent to an activating group) is 1. The molecule has 174 valence electrons. The molecule has 1 N–H and O–H groups in total. The normalized spacial score (nSPS) is 11.9. The second-order valence-corrected chi connectivity index (χ2v) is 8.41. The van der Waals surface area contributed by atoms with Crippen molar-refractivity contribution in [3.05, 3.63) is 108 Å². The first-order valence-electron chi connectivity index (χ1n) is 11.3. The Morgan fingerprint density at radius 3 is 2.38 bits per heavy atom. The predicted octanol–water partition coefficient (Wildman–Crippen LogP) is 4.64. The van der Waals surface area contributed by atoms with Gasteiger partial charge < -0.3 is 15.0 Å². The lowest BCUT2D eigenvalue weighted by atomic mass is 10.0. The third kappa shape index (κ3) is 5.53. The number of rotatable bonds is 9. The predicted molar refractivity (Wildman–Crippen MR) is 135 cm³/mol. The summed E-state index contributed by atoms with van der Waals surface area (Å²) in [4.78, 5) is 15.5. The van der Waals surface area contributed by atoms with Crippen LogP contribution in [0.1, 0.15) is 27.5 Å². The van der Waals surface area contributed by atoms with Crippen LogP contribution >= 0.6 is 0 Å². The summed E-state index contributed by atoms with van der Waals surface area (Å²) in [6.45, 7) is 1.05. The number of ether oxygens (including phenoxy) is 1. The molecule has 1 atom stereocenters. The zero-order chi connectivity index (χ0) is 23.9. The van der Waals surface area contributed by atoms with E-state index in [-0.39, 0.29) is 11.9 Å².